The largest absolute Gasteiger partial charge is 0.507 e. The first-order chi connectivity index (χ1) is 14.1. The first kappa shape index (κ1) is 20.4. The van der Waals surface area contributed by atoms with Gasteiger partial charge in [0.25, 0.3) is 5.91 Å². The van der Waals surface area contributed by atoms with Crippen LogP contribution in [0.4, 0.5) is 0 Å². The Morgan fingerprint density at radius 3 is 2.66 bits per heavy atom. The van der Waals surface area contributed by atoms with E-state index in [0.29, 0.717) is 37.1 Å². The van der Waals surface area contributed by atoms with E-state index in [2.05, 4.69) is 15.6 Å². The standard InChI is InChI=1S/C22H23N3O4/c1-29-11-10-23-8-9-24-22(28)20-6-3-17(13-25-20)15-2-5-18-16(12-15)4-7-21(27)19(18)14-26/h2-7,12-14,23,27H,8-11H2,1H3,(H,24,28). The third kappa shape index (κ3) is 4.96. The fourth-order valence-electron chi connectivity index (χ4n) is 3.00. The zero-order chi connectivity index (χ0) is 20.6. The van der Waals surface area contributed by atoms with Crippen LogP contribution < -0.4 is 10.6 Å². The van der Waals surface area contributed by atoms with Crippen LogP contribution in [0.15, 0.2) is 48.7 Å². The van der Waals surface area contributed by atoms with Gasteiger partial charge in [0, 0.05) is 38.5 Å². The molecule has 0 aliphatic heterocycles. The fourth-order valence-corrected chi connectivity index (χ4v) is 3.00. The van der Waals surface area contributed by atoms with Gasteiger partial charge in [0.1, 0.15) is 11.4 Å². The highest BCUT2D eigenvalue weighted by atomic mass is 16.5. The molecule has 1 heterocycles. The highest BCUT2D eigenvalue weighted by Gasteiger charge is 2.09. The van der Waals surface area contributed by atoms with Crippen LogP contribution in [0.5, 0.6) is 5.75 Å². The van der Waals surface area contributed by atoms with Crippen molar-refractivity contribution < 1.29 is 19.4 Å². The first-order valence-corrected chi connectivity index (χ1v) is 9.29. The Morgan fingerprint density at radius 1 is 1.10 bits per heavy atom. The van der Waals surface area contributed by atoms with E-state index in [9.17, 15) is 14.7 Å². The molecule has 3 rings (SSSR count). The predicted octanol–water partition coefficient (Wildman–Crippen LogP) is 2.39. The highest BCUT2D eigenvalue weighted by molar-refractivity contribution is 6.02. The number of aldehydes is 1. The number of hydrogen-bond acceptors (Lipinski definition) is 6. The summed E-state index contributed by atoms with van der Waals surface area (Å²) in [5.41, 5.74) is 2.38. The minimum atomic E-state index is -0.227. The lowest BCUT2D eigenvalue weighted by atomic mass is 9.99. The Labute approximate surface area is 168 Å². The second-order valence-corrected chi connectivity index (χ2v) is 6.48. The number of nitrogens with one attached hydrogen (secondary N) is 2. The molecule has 7 nitrogen and oxygen atoms in total. The number of benzene rings is 2. The smallest absolute Gasteiger partial charge is 0.269 e. The van der Waals surface area contributed by atoms with Gasteiger partial charge >= 0.3 is 0 Å². The van der Waals surface area contributed by atoms with E-state index in [1.54, 1.807) is 31.5 Å². The molecule has 0 atom stereocenters. The van der Waals surface area contributed by atoms with Crippen molar-refractivity contribution >= 4 is 23.0 Å². The fraction of sp³-hybridized carbons (Fsp3) is 0.227. The summed E-state index contributed by atoms with van der Waals surface area (Å²) in [5.74, 6) is -0.263. The molecule has 0 spiro atoms. The topological polar surface area (TPSA) is 101 Å². The number of phenols is 1. The summed E-state index contributed by atoms with van der Waals surface area (Å²) < 4.78 is 4.94. The normalized spacial score (nSPS) is 10.8. The van der Waals surface area contributed by atoms with Gasteiger partial charge < -0.3 is 20.5 Å². The molecular formula is C22H23N3O4. The molecule has 0 aliphatic rings. The molecule has 0 radical (unpaired) electrons. The molecule has 0 saturated heterocycles. The SMILES string of the molecule is COCCNCCNC(=O)c1ccc(-c2ccc3c(C=O)c(O)ccc3c2)cn1. The van der Waals surface area contributed by atoms with Crippen molar-refractivity contribution in [3.05, 3.63) is 59.9 Å². The Balaban J connectivity index is 1.67. The Hall–Kier alpha value is -3.29. The third-order valence-electron chi connectivity index (χ3n) is 4.56. The van der Waals surface area contributed by atoms with Crippen molar-refractivity contribution in [1.29, 1.82) is 0 Å². The molecule has 3 N–H and O–H groups in total. The number of methoxy groups -OCH3 is 1. The Kier molecular flexibility index (Phi) is 6.89. The molecule has 29 heavy (non-hydrogen) atoms. The average molecular weight is 393 g/mol. The van der Waals surface area contributed by atoms with Gasteiger partial charge in [-0.3, -0.25) is 14.6 Å². The molecule has 1 aromatic heterocycles. The number of carbonyl (C=O) groups is 2. The quantitative estimate of drug-likeness (QED) is 0.381. The molecule has 0 unspecified atom stereocenters. The third-order valence-corrected chi connectivity index (χ3v) is 4.56. The van der Waals surface area contributed by atoms with Crippen LogP contribution in [0.3, 0.4) is 0 Å². The van der Waals surface area contributed by atoms with E-state index < -0.39 is 0 Å². The zero-order valence-electron chi connectivity index (χ0n) is 16.1. The molecule has 3 aromatic rings. The van der Waals surface area contributed by atoms with Gasteiger partial charge in [-0.05, 0) is 34.5 Å². The van der Waals surface area contributed by atoms with E-state index >= 15 is 0 Å². The van der Waals surface area contributed by atoms with Gasteiger partial charge in [0.2, 0.25) is 0 Å². The highest BCUT2D eigenvalue weighted by Crippen LogP contribution is 2.29. The summed E-state index contributed by atoms with van der Waals surface area (Å²) >= 11 is 0. The van der Waals surface area contributed by atoms with E-state index in [-0.39, 0.29) is 17.2 Å². The van der Waals surface area contributed by atoms with Crippen molar-refractivity contribution in [3.63, 3.8) is 0 Å². The summed E-state index contributed by atoms with van der Waals surface area (Å²) in [7, 11) is 1.64. The van der Waals surface area contributed by atoms with Crippen molar-refractivity contribution in [2.75, 3.05) is 33.4 Å². The zero-order valence-corrected chi connectivity index (χ0v) is 16.1. The number of carbonyl (C=O) groups excluding carboxylic acids is 2. The molecule has 2 aromatic carbocycles. The lowest BCUT2D eigenvalue weighted by Gasteiger charge is -2.08. The number of hydrogen-bond donors (Lipinski definition) is 3. The van der Waals surface area contributed by atoms with Gasteiger partial charge in [-0.25, -0.2) is 0 Å². The number of fused-ring (bicyclic) bond motifs is 1. The molecule has 1 amide bonds. The summed E-state index contributed by atoms with van der Waals surface area (Å²) in [6.07, 6.45) is 2.30. The summed E-state index contributed by atoms with van der Waals surface area (Å²) in [6, 6.07) is 12.4. The van der Waals surface area contributed by atoms with Crippen molar-refractivity contribution in [3.8, 4) is 16.9 Å². The minimum Gasteiger partial charge on any atom is -0.507 e. The lowest BCUT2D eigenvalue weighted by molar-refractivity contribution is 0.0948. The lowest BCUT2D eigenvalue weighted by Crippen LogP contribution is -2.33. The average Bonchev–Trinajstić information content (AvgIpc) is 2.75. The molecule has 0 aliphatic carbocycles. The molecule has 7 heteroatoms. The molecule has 0 saturated carbocycles. The molecule has 0 bridgehead atoms. The second-order valence-electron chi connectivity index (χ2n) is 6.48. The van der Waals surface area contributed by atoms with E-state index in [1.807, 2.05) is 18.2 Å². The minimum absolute atomic E-state index is 0.0359. The van der Waals surface area contributed by atoms with Crippen molar-refractivity contribution in [2.45, 2.75) is 0 Å². The Morgan fingerprint density at radius 2 is 1.93 bits per heavy atom. The number of nitrogens with zero attached hydrogens (tertiary/aromatic N) is 1. The maximum absolute atomic E-state index is 12.2. The monoisotopic (exact) mass is 393 g/mol. The number of aromatic hydroxyl groups is 1. The van der Waals surface area contributed by atoms with Gasteiger partial charge in [-0.1, -0.05) is 24.3 Å². The van der Waals surface area contributed by atoms with E-state index in [1.165, 1.54) is 6.07 Å². The van der Waals surface area contributed by atoms with Gasteiger partial charge in [-0.15, -0.1) is 0 Å². The number of pyridine rings is 1. The predicted molar refractivity (Wildman–Crippen MR) is 111 cm³/mol. The first-order valence-electron chi connectivity index (χ1n) is 9.29. The molecular weight excluding hydrogens is 370 g/mol. The van der Waals surface area contributed by atoms with Crippen LogP contribution in [0.25, 0.3) is 21.9 Å². The van der Waals surface area contributed by atoms with Crippen LogP contribution in [0.2, 0.25) is 0 Å². The van der Waals surface area contributed by atoms with Crippen LogP contribution >= 0.6 is 0 Å². The summed E-state index contributed by atoms with van der Waals surface area (Å²) in [5, 5.41) is 17.3. The maximum atomic E-state index is 12.2. The second kappa shape index (κ2) is 9.77. The number of aromatic nitrogens is 1. The van der Waals surface area contributed by atoms with Crippen LogP contribution in [0, 0.1) is 0 Å². The number of amides is 1. The van der Waals surface area contributed by atoms with Crippen molar-refractivity contribution in [2.24, 2.45) is 0 Å². The van der Waals surface area contributed by atoms with Gasteiger partial charge in [-0.2, -0.15) is 0 Å². The number of rotatable bonds is 9. The molecule has 150 valence electrons. The van der Waals surface area contributed by atoms with Gasteiger partial charge in [0.05, 0.1) is 12.2 Å². The number of phenolic OH excluding ortho intramolecular Hbond substituents is 1. The summed E-state index contributed by atoms with van der Waals surface area (Å²) in [6.45, 7) is 2.52. The van der Waals surface area contributed by atoms with Crippen LogP contribution in [-0.4, -0.2) is 55.6 Å². The van der Waals surface area contributed by atoms with E-state index in [0.717, 1.165) is 23.1 Å². The number of ether oxygens (including phenoxy) is 1. The Bertz CT molecular complexity index is 1000. The molecule has 0 fully saturated rings. The van der Waals surface area contributed by atoms with Crippen molar-refractivity contribution in [1.82, 2.24) is 15.6 Å². The van der Waals surface area contributed by atoms with Gasteiger partial charge in [0.15, 0.2) is 6.29 Å². The van der Waals surface area contributed by atoms with Crippen LogP contribution in [0.1, 0.15) is 20.8 Å². The summed E-state index contributed by atoms with van der Waals surface area (Å²) in [4.78, 5) is 27.7. The van der Waals surface area contributed by atoms with E-state index in [4.69, 9.17) is 4.74 Å². The van der Waals surface area contributed by atoms with Crippen LogP contribution in [-0.2, 0) is 4.74 Å². The maximum Gasteiger partial charge on any atom is 0.269 e.